The fraction of sp³-hybridized carbons (Fsp3) is 0.421. The first-order valence-electron chi connectivity index (χ1n) is 8.69. The Bertz CT molecular complexity index is 666. The number of carbonyl (C=O) groups excluding carboxylic acids is 1. The van der Waals surface area contributed by atoms with E-state index in [-0.39, 0.29) is 17.9 Å². The van der Waals surface area contributed by atoms with Crippen LogP contribution in [0.4, 0.5) is 14.9 Å². The van der Waals surface area contributed by atoms with Crippen molar-refractivity contribution in [3.05, 3.63) is 52.5 Å². The number of hydrogen-bond donors (Lipinski definition) is 2. The maximum absolute atomic E-state index is 12.9. The minimum Gasteiger partial charge on any atom is -0.336 e. The van der Waals surface area contributed by atoms with E-state index in [9.17, 15) is 9.18 Å². The molecular weight excluding hydrogens is 337 g/mol. The molecule has 0 spiro atoms. The van der Waals surface area contributed by atoms with Crippen LogP contribution in [0.2, 0.25) is 0 Å². The molecule has 1 aliphatic rings. The molecule has 25 heavy (non-hydrogen) atoms. The van der Waals surface area contributed by atoms with Gasteiger partial charge in [-0.3, -0.25) is 4.90 Å². The van der Waals surface area contributed by atoms with Crippen molar-refractivity contribution in [2.75, 3.05) is 25.0 Å². The molecule has 1 aliphatic heterocycles. The number of carbonyl (C=O) groups is 1. The standard InChI is InChI=1S/C19H24FN3OS/c1-14-8-10-23(11-9-14)17(18-3-2-12-25-18)13-21-19(24)22-16-6-4-15(20)5-7-16/h2-7,12,14,17H,8-11,13H2,1H3,(H2,21,22,24)/t17-/m1/s1. The van der Waals surface area contributed by atoms with Gasteiger partial charge in [0.2, 0.25) is 0 Å². The van der Waals surface area contributed by atoms with E-state index < -0.39 is 0 Å². The van der Waals surface area contributed by atoms with Gasteiger partial charge >= 0.3 is 6.03 Å². The van der Waals surface area contributed by atoms with E-state index in [1.165, 1.54) is 29.9 Å². The quantitative estimate of drug-likeness (QED) is 0.824. The Kier molecular flexibility index (Phi) is 6.04. The first-order valence-corrected chi connectivity index (χ1v) is 9.57. The van der Waals surface area contributed by atoms with Gasteiger partial charge in [0.25, 0.3) is 0 Å². The van der Waals surface area contributed by atoms with Crippen molar-refractivity contribution in [1.82, 2.24) is 10.2 Å². The minimum absolute atomic E-state index is 0.200. The van der Waals surface area contributed by atoms with Crippen molar-refractivity contribution >= 4 is 23.1 Å². The number of likely N-dealkylation sites (tertiary alicyclic amines) is 1. The van der Waals surface area contributed by atoms with E-state index in [0.29, 0.717) is 12.2 Å². The van der Waals surface area contributed by atoms with Gasteiger partial charge in [0.1, 0.15) is 5.82 Å². The van der Waals surface area contributed by atoms with Crippen LogP contribution in [0.15, 0.2) is 41.8 Å². The number of amides is 2. The zero-order valence-electron chi connectivity index (χ0n) is 14.4. The molecule has 0 bridgehead atoms. The molecule has 2 N–H and O–H groups in total. The molecule has 6 heteroatoms. The van der Waals surface area contributed by atoms with Gasteiger partial charge in [0.05, 0.1) is 6.04 Å². The van der Waals surface area contributed by atoms with Gasteiger partial charge in [-0.2, -0.15) is 0 Å². The van der Waals surface area contributed by atoms with Crippen LogP contribution in [-0.4, -0.2) is 30.6 Å². The Morgan fingerprint density at radius 1 is 1.28 bits per heavy atom. The average Bonchev–Trinajstić information content (AvgIpc) is 3.13. The van der Waals surface area contributed by atoms with E-state index >= 15 is 0 Å². The molecule has 0 unspecified atom stereocenters. The van der Waals surface area contributed by atoms with Crippen LogP contribution in [0.25, 0.3) is 0 Å². The van der Waals surface area contributed by atoms with Crippen molar-refractivity contribution in [2.45, 2.75) is 25.8 Å². The monoisotopic (exact) mass is 361 g/mol. The molecule has 1 aromatic heterocycles. The zero-order valence-corrected chi connectivity index (χ0v) is 15.2. The molecule has 134 valence electrons. The van der Waals surface area contributed by atoms with Gasteiger partial charge in [-0.25, -0.2) is 9.18 Å². The molecule has 1 saturated heterocycles. The van der Waals surface area contributed by atoms with Gasteiger partial charge in [0, 0.05) is 17.1 Å². The second-order valence-corrected chi connectivity index (χ2v) is 7.57. The summed E-state index contributed by atoms with van der Waals surface area (Å²) in [4.78, 5) is 15.9. The lowest BCUT2D eigenvalue weighted by Crippen LogP contribution is -2.42. The third kappa shape index (κ3) is 5.03. The minimum atomic E-state index is -0.317. The number of piperidine rings is 1. The Hall–Kier alpha value is -1.92. The van der Waals surface area contributed by atoms with Crippen LogP contribution in [0.5, 0.6) is 0 Å². The lowest BCUT2D eigenvalue weighted by molar-refractivity contribution is 0.138. The smallest absolute Gasteiger partial charge is 0.319 e. The summed E-state index contributed by atoms with van der Waals surface area (Å²) in [6.45, 7) is 4.98. The summed E-state index contributed by atoms with van der Waals surface area (Å²) < 4.78 is 12.9. The molecule has 0 saturated carbocycles. The Morgan fingerprint density at radius 2 is 2.00 bits per heavy atom. The predicted molar refractivity (Wildman–Crippen MR) is 100 cm³/mol. The summed E-state index contributed by atoms with van der Waals surface area (Å²) in [6.07, 6.45) is 2.40. The second-order valence-electron chi connectivity index (χ2n) is 6.59. The fourth-order valence-corrected chi connectivity index (χ4v) is 3.99. The van der Waals surface area contributed by atoms with Crippen LogP contribution in [-0.2, 0) is 0 Å². The predicted octanol–water partition coefficient (Wildman–Crippen LogP) is 4.48. The van der Waals surface area contributed by atoms with Gasteiger partial charge in [-0.1, -0.05) is 13.0 Å². The van der Waals surface area contributed by atoms with Crippen LogP contribution < -0.4 is 10.6 Å². The number of anilines is 1. The van der Waals surface area contributed by atoms with E-state index in [4.69, 9.17) is 0 Å². The number of nitrogens with zero attached hydrogens (tertiary/aromatic N) is 1. The van der Waals surface area contributed by atoms with Gasteiger partial charge in [-0.15, -0.1) is 11.3 Å². The van der Waals surface area contributed by atoms with Gasteiger partial charge in [-0.05, 0) is 67.6 Å². The summed E-state index contributed by atoms with van der Waals surface area (Å²) in [5.74, 6) is 0.456. The number of hydrogen-bond acceptors (Lipinski definition) is 3. The SMILES string of the molecule is CC1CCN([C@H](CNC(=O)Nc2ccc(F)cc2)c2cccs2)CC1. The number of halogens is 1. The number of rotatable bonds is 5. The number of nitrogens with one attached hydrogen (secondary N) is 2. The summed E-state index contributed by atoms with van der Waals surface area (Å²) in [7, 11) is 0. The Labute approximate surface area is 152 Å². The first-order chi connectivity index (χ1) is 12.1. The maximum atomic E-state index is 12.9. The molecule has 0 aliphatic carbocycles. The summed E-state index contributed by atoms with van der Waals surface area (Å²) in [6, 6.07) is 9.89. The normalized spacial score (nSPS) is 17.2. The van der Waals surface area contributed by atoms with Crippen LogP contribution >= 0.6 is 11.3 Å². The molecule has 2 aromatic rings. The van der Waals surface area contributed by atoms with Crippen molar-refractivity contribution in [3.8, 4) is 0 Å². The molecule has 2 heterocycles. The highest BCUT2D eigenvalue weighted by Crippen LogP contribution is 2.29. The highest BCUT2D eigenvalue weighted by molar-refractivity contribution is 7.10. The summed E-state index contributed by atoms with van der Waals surface area (Å²) >= 11 is 1.73. The molecule has 3 rings (SSSR count). The van der Waals surface area contributed by atoms with E-state index in [1.54, 1.807) is 23.5 Å². The van der Waals surface area contributed by atoms with Crippen LogP contribution in [0.1, 0.15) is 30.7 Å². The number of benzene rings is 1. The number of urea groups is 1. The average molecular weight is 361 g/mol. The van der Waals surface area contributed by atoms with Crippen molar-refractivity contribution < 1.29 is 9.18 Å². The van der Waals surface area contributed by atoms with Crippen molar-refractivity contribution in [1.29, 1.82) is 0 Å². The molecule has 1 atom stereocenters. The van der Waals surface area contributed by atoms with E-state index in [2.05, 4.69) is 40.0 Å². The highest BCUT2D eigenvalue weighted by atomic mass is 32.1. The molecule has 2 amide bonds. The molecule has 1 fully saturated rings. The summed E-state index contributed by atoms with van der Waals surface area (Å²) in [5.41, 5.74) is 0.582. The molecule has 0 radical (unpaired) electrons. The molecular formula is C19H24FN3OS. The van der Waals surface area contributed by atoms with Gasteiger partial charge < -0.3 is 10.6 Å². The van der Waals surface area contributed by atoms with Crippen molar-refractivity contribution in [3.63, 3.8) is 0 Å². The Balaban J connectivity index is 1.58. The largest absolute Gasteiger partial charge is 0.336 e. The first kappa shape index (κ1) is 17.9. The lowest BCUT2D eigenvalue weighted by atomic mass is 9.97. The topological polar surface area (TPSA) is 44.4 Å². The van der Waals surface area contributed by atoms with Crippen LogP contribution in [0.3, 0.4) is 0 Å². The van der Waals surface area contributed by atoms with Gasteiger partial charge in [0.15, 0.2) is 0 Å². The van der Waals surface area contributed by atoms with Crippen LogP contribution in [0, 0.1) is 11.7 Å². The number of thiophene rings is 1. The fourth-order valence-electron chi connectivity index (χ4n) is 3.13. The zero-order chi connectivity index (χ0) is 17.6. The maximum Gasteiger partial charge on any atom is 0.319 e. The third-order valence-electron chi connectivity index (χ3n) is 4.69. The third-order valence-corrected chi connectivity index (χ3v) is 5.66. The summed E-state index contributed by atoms with van der Waals surface area (Å²) in [5, 5.41) is 7.79. The van der Waals surface area contributed by atoms with E-state index in [1.807, 2.05) is 0 Å². The van der Waals surface area contributed by atoms with Crippen molar-refractivity contribution in [2.24, 2.45) is 5.92 Å². The highest BCUT2D eigenvalue weighted by Gasteiger charge is 2.25. The second kappa shape index (κ2) is 8.45. The lowest BCUT2D eigenvalue weighted by Gasteiger charge is -2.36. The molecule has 4 nitrogen and oxygen atoms in total. The van der Waals surface area contributed by atoms with E-state index in [0.717, 1.165) is 19.0 Å². The molecule has 1 aromatic carbocycles. The Morgan fingerprint density at radius 3 is 2.64 bits per heavy atom.